The summed E-state index contributed by atoms with van der Waals surface area (Å²) in [4.78, 5) is 22.6. The van der Waals surface area contributed by atoms with Crippen LogP contribution in [-0.2, 0) is 9.53 Å². The van der Waals surface area contributed by atoms with Crippen molar-refractivity contribution in [3.8, 4) is 11.5 Å². The molecule has 0 N–H and O–H groups in total. The van der Waals surface area contributed by atoms with Crippen LogP contribution in [0.25, 0.3) is 11.8 Å². The number of non-ortho nitro benzene ring substituents is 1. The lowest BCUT2D eigenvalue weighted by atomic mass is 10.1. The molecule has 2 aromatic rings. The van der Waals surface area contributed by atoms with Crippen LogP contribution in [-0.4, -0.2) is 25.1 Å². The molecule has 26 heavy (non-hydrogen) atoms. The summed E-state index contributed by atoms with van der Waals surface area (Å²) in [5.74, 6) is 0.897. The first-order valence-electron chi connectivity index (χ1n) is 7.64. The molecule has 0 aromatic heterocycles. The zero-order chi connectivity index (χ0) is 18.7. The van der Waals surface area contributed by atoms with Crippen LogP contribution in [0.3, 0.4) is 0 Å². The minimum Gasteiger partial charge on any atom is -0.497 e. The summed E-state index contributed by atoms with van der Waals surface area (Å²) in [6, 6.07) is 11.2. The number of benzene rings is 2. The molecular formula is C19H15NO6. The fraction of sp³-hybridized carbons (Fsp3) is 0.105. The van der Waals surface area contributed by atoms with Crippen LogP contribution in [0.2, 0.25) is 0 Å². The summed E-state index contributed by atoms with van der Waals surface area (Å²) in [6.45, 7) is 0. The molecule has 0 saturated heterocycles. The summed E-state index contributed by atoms with van der Waals surface area (Å²) in [5.41, 5.74) is 1.33. The second-order valence-electron chi connectivity index (χ2n) is 5.42. The van der Waals surface area contributed by atoms with Crippen LogP contribution in [0.4, 0.5) is 5.69 Å². The maximum Gasteiger partial charge on any atom is 0.343 e. The predicted octanol–water partition coefficient (Wildman–Crippen LogP) is 3.59. The van der Waals surface area contributed by atoms with E-state index in [9.17, 15) is 14.9 Å². The van der Waals surface area contributed by atoms with Gasteiger partial charge in [-0.2, -0.15) is 0 Å². The van der Waals surface area contributed by atoms with Crippen molar-refractivity contribution in [1.82, 2.24) is 0 Å². The molecule has 0 spiro atoms. The van der Waals surface area contributed by atoms with Gasteiger partial charge in [0, 0.05) is 12.1 Å². The van der Waals surface area contributed by atoms with Gasteiger partial charge in [0.2, 0.25) is 0 Å². The maximum absolute atomic E-state index is 12.2. The molecular weight excluding hydrogens is 338 g/mol. The van der Waals surface area contributed by atoms with E-state index in [2.05, 4.69) is 0 Å². The van der Waals surface area contributed by atoms with Gasteiger partial charge in [-0.25, -0.2) is 4.79 Å². The normalized spacial score (nSPS) is 14.8. The van der Waals surface area contributed by atoms with Gasteiger partial charge in [-0.15, -0.1) is 0 Å². The van der Waals surface area contributed by atoms with Gasteiger partial charge in [0.15, 0.2) is 0 Å². The van der Waals surface area contributed by atoms with Crippen LogP contribution < -0.4 is 9.47 Å². The van der Waals surface area contributed by atoms with Gasteiger partial charge in [-0.05, 0) is 35.9 Å². The first-order valence-corrected chi connectivity index (χ1v) is 7.64. The van der Waals surface area contributed by atoms with Crippen LogP contribution in [0.1, 0.15) is 11.1 Å². The summed E-state index contributed by atoms with van der Waals surface area (Å²) in [6.07, 6.45) is 3.10. The van der Waals surface area contributed by atoms with E-state index in [4.69, 9.17) is 14.2 Å². The Bertz CT molecular complexity index is 945. The zero-order valence-corrected chi connectivity index (χ0v) is 14.1. The lowest BCUT2D eigenvalue weighted by Crippen LogP contribution is -1.99. The van der Waals surface area contributed by atoms with E-state index in [1.54, 1.807) is 36.4 Å². The minimum absolute atomic E-state index is 0.0515. The Morgan fingerprint density at radius 2 is 1.92 bits per heavy atom. The molecule has 0 bridgehead atoms. The Kier molecular flexibility index (Phi) is 4.70. The van der Waals surface area contributed by atoms with Crippen molar-refractivity contribution in [2.24, 2.45) is 0 Å². The number of methoxy groups -OCH3 is 2. The van der Waals surface area contributed by atoms with Crippen molar-refractivity contribution in [3.63, 3.8) is 0 Å². The quantitative estimate of drug-likeness (QED) is 0.353. The lowest BCUT2D eigenvalue weighted by molar-refractivity contribution is -0.384. The molecule has 7 heteroatoms. The third-order valence-electron chi connectivity index (χ3n) is 3.80. The van der Waals surface area contributed by atoms with Crippen molar-refractivity contribution in [1.29, 1.82) is 0 Å². The van der Waals surface area contributed by atoms with Gasteiger partial charge < -0.3 is 14.2 Å². The van der Waals surface area contributed by atoms with Crippen molar-refractivity contribution in [2.45, 2.75) is 0 Å². The lowest BCUT2D eigenvalue weighted by Gasteiger charge is -2.10. The summed E-state index contributed by atoms with van der Waals surface area (Å²) in [5, 5.41) is 10.9. The number of esters is 1. The van der Waals surface area contributed by atoms with Gasteiger partial charge in [-0.1, -0.05) is 12.1 Å². The topological polar surface area (TPSA) is 87.9 Å². The number of carbonyl (C=O) groups excluding carboxylic acids is 1. The monoisotopic (exact) mass is 353 g/mol. The van der Waals surface area contributed by atoms with Gasteiger partial charge in [0.1, 0.15) is 17.3 Å². The highest BCUT2D eigenvalue weighted by Gasteiger charge is 2.24. The molecule has 0 amide bonds. The third kappa shape index (κ3) is 3.41. The van der Waals surface area contributed by atoms with E-state index in [0.717, 1.165) is 0 Å². The molecule has 1 aliphatic rings. The zero-order valence-electron chi connectivity index (χ0n) is 14.1. The summed E-state index contributed by atoms with van der Waals surface area (Å²) >= 11 is 0. The van der Waals surface area contributed by atoms with Crippen molar-refractivity contribution in [3.05, 3.63) is 75.4 Å². The van der Waals surface area contributed by atoms with Crippen LogP contribution in [0.5, 0.6) is 11.5 Å². The maximum atomic E-state index is 12.2. The summed E-state index contributed by atoms with van der Waals surface area (Å²) < 4.78 is 15.8. The number of nitrogens with zero attached hydrogens (tertiary/aromatic N) is 1. The average Bonchev–Trinajstić information content (AvgIpc) is 3.01. The molecule has 0 saturated carbocycles. The van der Waals surface area contributed by atoms with Crippen LogP contribution in [0.15, 0.2) is 54.1 Å². The molecule has 1 aliphatic heterocycles. The van der Waals surface area contributed by atoms with E-state index in [1.165, 1.54) is 32.4 Å². The number of ether oxygens (including phenoxy) is 3. The number of cyclic esters (lactones) is 1. The van der Waals surface area contributed by atoms with E-state index < -0.39 is 10.9 Å². The first-order chi connectivity index (χ1) is 12.5. The van der Waals surface area contributed by atoms with Crippen molar-refractivity contribution < 1.29 is 23.9 Å². The Balaban J connectivity index is 2.00. The number of nitro groups is 1. The van der Waals surface area contributed by atoms with E-state index in [0.29, 0.717) is 28.4 Å². The molecule has 0 aliphatic carbocycles. The number of hydrogen-bond donors (Lipinski definition) is 0. The average molecular weight is 353 g/mol. The smallest absolute Gasteiger partial charge is 0.343 e. The molecule has 132 valence electrons. The largest absolute Gasteiger partial charge is 0.497 e. The number of carbonyl (C=O) groups is 1. The van der Waals surface area contributed by atoms with Gasteiger partial charge in [-0.3, -0.25) is 10.1 Å². The Hall–Kier alpha value is -3.61. The fourth-order valence-corrected chi connectivity index (χ4v) is 2.54. The van der Waals surface area contributed by atoms with Crippen LogP contribution in [0, 0.1) is 10.1 Å². The van der Waals surface area contributed by atoms with E-state index >= 15 is 0 Å². The molecule has 1 heterocycles. The van der Waals surface area contributed by atoms with Gasteiger partial charge in [0.05, 0.1) is 30.3 Å². The molecule has 0 atom stereocenters. The molecule has 3 rings (SSSR count). The highest BCUT2D eigenvalue weighted by atomic mass is 16.6. The molecule has 7 nitrogen and oxygen atoms in total. The predicted molar refractivity (Wildman–Crippen MR) is 94.7 cm³/mol. The van der Waals surface area contributed by atoms with E-state index in [-0.39, 0.29) is 11.3 Å². The Morgan fingerprint density at radius 3 is 2.62 bits per heavy atom. The molecule has 0 unspecified atom stereocenters. The van der Waals surface area contributed by atoms with Crippen LogP contribution >= 0.6 is 0 Å². The summed E-state index contributed by atoms with van der Waals surface area (Å²) in [7, 11) is 3.05. The van der Waals surface area contributed by atoms with Gasteiger partial charge in [0.25, 0.3) is 5.69 Å². The first kappa shape index (κ1) is 17.2. The van der Waals surface area contributed by atoms with Crippen molar-refractivity contribution >= 4 is 23.5 Å². The van der Waals surface area contributed by atoms with Crippen molar-refractivity contribution in [2.75, 3.05) is 14.2 Å². The Labute approximate surface area is 149 Å². The number of hydrogen-bond acceptors (Lipinski definition) is 6. The minimum atomic E-state index is -0.545. The SMILES string of the molecule is COc1ccc(OC)c(C2=CC(=Cc3cccc([N+](=O)[O-])c3)C(=O)O2)c1. The molecule has 0 fully saturated rings. The second-order valence-corrected chi connectivity index (χ2v) is 5.42. The van der Waals surface area contributed by atoms with E-state index in [1.807, 2.05) is 0 Å². The second kappa shape index (κ2) is 7.10. The highest BCUT2D eigenvalue weighted by Crippen LogP contribution is 2.35. The standard InChI is InChI=1S/C19H15NO6/c1-24-15-6-7-17(25-2)16(11-15)18-10-13(19(21)26-18)8-12-4-3-5-14(9-12)20(22)23/h3-11H,1-2H3. The number of nitro benzene ring substituents is 1. The molecule has 2 aromatic carbocycles. The van der Waals surface area contributed by atoms with Gasteiger partial charge >= 0.3 is 5.97 Å². The number of rotatable bonds is 5. The highest BCUT2D eigenvalue weighted by molar-refractivity contribution is 6.05. The molecule has 0 radical (unpaired) electrons. The third-order valence-corrected chi connectivity index (χ3v) is 3.80. The fourth-order valence-electron chi connectivity index (χ4n) is 2.54. The Morgan fingerprint density at radius 1 is 1.12 bits per heavy atom.